The zero-order valence-corrected chi connectivity index (χ0v) is 11.7. The second kappa shape index (κ2) is 4.64. The van der Waals surface area contributed by atoms with Crippen molar-refractivity contribution in [3.05, 3.63) is 29.8 Å². The predicted octanol–water partition coefficient (Wildman–Crippen LogP) is 0.414. The lowest BCUT2D eigenvalue weighted by Crippen LogP contribution is -2.43. The monoisotopic (exact) mass is 289 g/mol. The second-order valence-corrected chi connectivity index (χ2v) is 8.53. The predicted molar refractivity (Wildman–Crippen MR) is 68.6 cm³/mol. The van der Waals surface area contributed by atoms with Crippen LogP contribution in [0.5, 0.6) is 0 Å². The summed E-state index contributed by atoms with van der Waals surface area (Å²) in [5.74, 6) is -0.198. The zero-order chi connectivity index (χ0) is 13.4. The van der Waals surface area contributed by atoms with Crippen molar-refractivity contribution in [1.29, 1.82) is 0 Å². The number of nitrogens with zero attached hydrogens (tertiary/aromatic N) is 1. The number of hydrogen-bond acceptors (Lipinski definition) is 4. The number of sulfone groups is 1. The van der Waals surface area contributed by atoms with Crippen LogP contribution in [0.1, 0.15) is 5.56 Å². The Bertz CT molecular complexity index is 635. The molecule has 1 aliphatic heterocycles. The molecule has 1 aromatic carbocycles. The first-order valence-electron chi connectivity index (χ1n) is 5.59. The molecular weight excluding hydrogens is 274 g/mol. The van der Waals surface area contributed by atoms with Gasteiger partial charge in [-0.2, -0.15) is 4.31 Å². The highest BCUT2D eigenvalue weighted by Gasteiger charge is 2.31. The van der Waals surface area contributed by atoms with Crippen molar-refractivity contribution >= 4 is 19.9 Å². The number of sulfonamides is 1. The number of rotatable bonds is 2. The van der Waals surface area contributed by atoms with Crippen molar-refractivity contribution in [2.24, 2.45) is 0 Å². The Morgan fingerprint density at radius 3 is 2.22 bits per heavy atom. The summed E-state index contributed by atoms with van der Waals surface area (Å²) in [5.41, 5.74) is 0.672. The van der Waals surface area contributed by atoms with Crippen LogP contribution in [0.2, 0.25) is 0 Å². The van der Waals surface area contributed by atoms with Crippen molar-refractivity contribution in [3.8, 4) is 0 Å². The van der Waals surface area contributed by atoms with E-state index in [2.05, 4.69) is 0 Å². The highest BCUT2D eigenvalue weighted by molar-refractivity contribution is 7.92. The topological polar surface area (TPSA) is 71.5 Å². The van der Waals surface area contributed by atoms with Crippen LogP contribution in [-0.2, 0) is 19.9 Å². The van der Waals surface area contributed by atoms with Gasteiger partial charge in [0, 0.05) is 13.1 Å². The first-order chi connectivity index (χ1) is 8.33. The maximum atomic E-state index is 12.4. The minimum Gasteiger partial charge on any atom is -0.229 e. The molecule has 1 saturated heterocycles. The van der Waals surface area contributed by atoms with Gasteiger partial charge in [0.1, 0.15) is 0 Å². The molecule has 0 radical (unpaired) electrons. The highest BCUT2D eigenvalue weighted by Crippen LogP contribution is 2.21. The fourth-order valence-corrected chi connectivity index (χ4v) is 5.02. The maximum absolute atomic E-state index is 12.4. The molecule has 0 unspecified atom stereocenters. The molecule has 18 heavy (non-hydrogen) atoms. The Kier molecular flexibility index (Phi) is 3.48. The van der Waals surface area contributed by atoms with Crippen molar-refractivity contribution in [2.45, 2.75) is 11.8 Å². The minimum absolute atomic E-state index is 0.0407. The molecule has 1 aromatic rings. The SMILES string of the molecule is Cc1ccccc1S(=O)(=O)N1CCS(=O)(=O)CC1. The van der Waals surface area contributed by atoms with E-state index in [0.717, 1.165) is 0 Å². The Morgan fingerprint density at radius 1 is 1.11 bits per heavy atom. The molecule has 5 nitrogen and oxygen atoms in total. The summed E-state index contributed by atoms with van der Waals surface area (Å²) in [6, 6.07) is 6.72. The summed E-state index contributed by atoms with van der Waals surface area (Å²) in [6.45, 7) is 1.81. The van der Waals surface area contributed by atoms with Crippen molar-refractivity contribution in [3.63, 3.8) is 0 Å². The third kappa shape index (κ3) is 2.57. The van der Waals surface area contributed by atoms with Gasteiger partial charge >= 0.3 is 0 Å². The summed E-state index contributed by atoms with van der Waals surface area (Å²) < 4.78 is 48.6. The molecular formula is C11H15NO4S2. The van der Waals surface area contributed by atoms with Crippen LogP contribution in [0.15, 0.2) is 29.2 Å². The summed E-state index contributed by atoms with van der Waals surface area (Å²) >= 11 is 0. The minimum atomic E-state index is -3.57. The maximum Gasteiger partial charge on any atom is 0.243 e. The van der Waals surface area contributed by atoms with Gasteiger partial charge in [0.25, 0.3) is 0 Å². The molecule has 0 saturated carbocycles. The van der Waals surface area contributed by atoms with Gasteiger partial charge in [-0.3, -0.25) is 0 Å². The van der Waals surface area contributed by atoms with E-state index in [-0.39, 0.29) is 29.5 Å². The van der Waals surface area contributed by atoms with Crippen molar-refractivity contribution < 1.29 is 16.8 Å². The van der Waals surface area contributed by atoms with E-state index in [0.29, 0.717) is 5.56 Å². The van der Waals surface area contributed by atoms with Gasteiger partial charge in [-0.15, -0.1) is 0 Å². The fourth-order valence-electron chi connectivity index (χ4n) is 1.92. The normalized spacial score (nSPS) is 20.7. The first-order valence-corrected chi connectivity index (χ1v) is 8.85. The van der Waals surface area contributed by atoms with Crippen LogP contribution in [0.25, 0.3) is 0 Å². The largest absolute Gasteiger partial charge is 0.243 e. The molecule has 1 aliphatic rings. The van der Waals surface area contributed by atoms with Crippen LogP contribution >= 0.6 is 0 Å². The highest BCUT2D eigenvalue weighted by atomic mass is 32.2. The molecule has 0 atom stereocenters. The standard InChI is InChI=1S/C11H15NO4S2/c1-10-4-2-3-5-11(10)18(15,16)12-6-8-17(13,14)9-7-12/h2-5H,6-9H2,1H3. The van der Waals surface area contributed by atoms with Crippen molar-refractivity contribution in [1.82, 2.24) is 4.31 Å². The Morgan fingerprint density at radius 2 is 1.67 bits per heavy atom. The third-order valence-corrected chi connectivity index (χ3v) is 6.68. The lowest BCUT2D eigenvalue weighted by atomic mass is 10.2. The average Bonchev–Trinajstić information content (AvgIpc) is 2.28. The molecule has 0 aromatic heterocycles. The molecule has 0 N–H and O–H groups in total. The molecule has 0 spiro atoms. The third-order valence-electron chi connectivity index (χ3n) is 3.01. The van der Waals surface area contributed by atoms with Crippen LogP contribution in [0, 0.1) is 6.92 Å². The van der Waals surface area contributed by atoms with E-state index in [9.17, 15) is 16.8 Å². The Hall–Kier alpha value is -0.920. The number of hydrogen-bond donors (Lipinski definition) is 0. The molecule has 0 amide bonds. The molecule has 0 bridgehead atoms. The van der Waals surface area contributed by atoms with Crippen molar-refractivity contribution in [2.75, 3.05) is 24.6 Å². The van der Waals surface area contributed by atoms with Gasteiger partial charge in [-0.1, -0.05) is 18.2 Å². The number of aryl methyl sites for hydroxylation is 1. The lowest BCUT2D eigenvalue weighted by Gasteiger charge is -2.26. The molecule has 100 valence electrons. The second-order valence-electron chi connectivity index (χ2n) is 4.32. The van der Waals surface area contributed by atoms with E-state index in [1.54, 1.807) is 31.2 Å². The van der Waals surface area contributed by atoms with E-state index in [1.807, 2.05) is 0 Å². The lowest BCUT2D eigenvalue weighted by molar-refractivity contribution is 0.430. The molecule has 2 rings (SSSR count). The molecule has 0 aliphatic carbocycles. The average molecular weight is 289 g/mol. The van der Waals surface area contributed by atoms with Crippen LogP contribution < -0.4 is 0 Å². The fraction of sp³-hybridized carbons (Fsp3) is 0.455. The molecule has 1 heterocycles. The quantitative estimate of drug-likeness (QED) is 0.791. The van der Waals surface area contributed by atoms with E-state index in [1.165, 1.54) is 4.31 Å². The van der Waals surface area contributed by atoms with Crippen LogP contribution in [0.3, 0.4) is 0 Å². The van der Waals surface area contributed by atoms with Gasteiger partial charge in [0.05, 0.1) is 16.4 Å². The first kappa shape index (κ1) is 13.5. The van der Waals surface area contributed by atoms with Gasteiger partial charge in [0.2, 0.25) is 10.0 Å². The van der Waals surface area contributed by atoms with E-state index in [4.69, 9.17) is 0 Å². The van der Waals surface area contributed by atoms with E-state index < -0.39 is 19.9 Å². The van der Waals surface area contributed by atoms with Gasteiger partial charge in [-0.05, 0) is 18.6 Å². The van der Waals surface area contributed by atoms with E-state index >= 15 is 0 Å². The van der Waals surface area contributed by atoms with Crippen LogP contribution in [0.4, 0.5) is 0 Å². The van der Waals surface area contributed by atoms with Gasteiger partial charge in [0.15, 0.2) is 9.84 Å². The zero-order valence-electron chi connectivity index (χ0n) is 10.0. The van der Waals surface area contributed by atoms with Crippen LogP contribution in [-0.4, -0.2) is 45.7 Å². The Balaban J connectivity index is 2.31. The Labute approximate surface area is 107 Å². The molecule has 1 fully saturated rings. The smallest absolute Gasteiger partial charge is 0.229 e. The summed E-state index contributed by atoms with van der Waals surface area (Å²) in [5, 5.41) is 0. The summed E-state index contributed by atoms with van der Waals surface area (Å²) in [4.78, 5) is 0.254. The number of benzene rings is 1. The van der Waals surface area contributed by atoms with Gasteiger partial charge in [-0.25, -0.2) is 16.8 Å². The summed E-state index contributed by atoms with van der Waals surface area (Å²) in [7, 11) is -6.65. The van der Waals surface area contributed by atoms with Gasteiger partial charge < -0.3 is 0 Å². The summed E-state index contributed by atoms with van der Waals surface area (Å²) in [6.07, 6.45) is 0. The molecule has 7 heteroatoms.